The van der Waals surface area contributed by atoms with E-state index >= 15 is 0 Å². The minimum absolute atomic E-state index is 0.0505. The van der Waals surface area contributed by atoms with Gasteiger partial charge in [-0.3, -0.25) is 0 Å². The average molecular weight is 177 g/mol. The highest BCUT2D eigenvalue weighted by Gasteiger charge is 2.01. The van der Waals surface area contributed by atoms with Crippen molar-refractivity contribution >= 4 is 11.0 Å². The number of aliphatic hydroxyl groups is 1. The molecule has 0 amide bonds. The summed E-state index contributed by atoms with van der Waals surface area (Å²) in [5, 5.41) is 17.4. The highest BCUT2D eigenvalue weighted by Crippen LogP contribution is 2.11. The lowest BCUT2D eigenvalue weighted by molar-refractivity contribution is 0.282. The Morgan fingerprint density at radius 2 is 2.08 bits per heavy atom. The minimum atomic E-state index is 0.0505. The standard InChI is InChI=1S/C9H11N3O/c1-2-12-10-8-4-3-7(6-13)5-9(8)11-12/h3-5,13H,2,6H2,1H3. The maximum absolute atomic E-state index is 8.91. The molecule has 1 aromatic carbocycles. The van der Waals surface area contributed by atoms with Crippen molar-refractivity contribution in [2.24, 2.45) is 0 Å². The lowest BCUT2D eigenvalue weighted by atomic mass is 10.2. The Hall–Kier alpha value is -1.42. The lowest BCUT2D eigenvalue weighted by Crippen LogP contribution is -1.97. The fourth-order valence-corrected chi connectivity index (χ4v) is 1.24. The van der Waals surface area contributed by atoms with Gasteiger partial charge in [-0.15, -0.1) is 0 Å². The Morgan fingerprint density at radius 3 is 2.77 bits per heavy atom. The van der Waals surface area contributed by atoms with Crippen molar-refractivity contribution in [1.29, 1.82) is 0 Å². The van der Waals surface area contributed by atoms with Crippen molar-refractivity contribution in [3.8, 4) is 0 Å². The molecule has 1 heterocycles. The van der Waals surface area contributed by atoms with E-state index in [9.17, 15) is 0 Å². The zero-order chi connectivity index (χ0) is 9.26. The van der Waals surface area contributed by atoms with Crippen LogP contribution < -0.4 is 0 Å². The number of rotatable bonds is 2. The highest BCUT2D eigenvalue weighted by molar-refractivity contribution is 5.74. The minimum Gasteiger partial charge on any atom is -0.392 e. The number of aliphatic hydroxyl groups excluding tert-OH is 1. The molecule has 68 valence electrons. The summed E-state index contributed by atoms with van der Waals surface area (Å²) in [5.41, 5.74) is 2.59. The fraction of sp³-hybridized carbons (Fsp3) is 0.333. The predicted molar refractivity (Wildman–Crippen MR) is 49.1 cm³/mol. The number of aromatic nitrogens is 3. The molecule has 0 aliphatic rings. The molecule has 0 aliphatic heterocycles. The van der Waals surface area contributed by atoms with Crippen molar-refractivity contribution in [1.82, 2.24) is 15.0 Å². The molecule has 0 fully saturated rings. The Labute approximate surface area is 75.8 Å². The number of nitrogens with zero attached hydrogens (tertiary/aromatic N) is 3. The molecule has 4 heteroatoms. The lowest BCUT2D eigenvalue weighted by Gasteiger charge is -1.91. The second-order valence-electron chi connectivity index (χ2n) is 2.87. The van der Waals surface area contributed by atoms with Gasteiger partial charge >= 0.3 is 0 Å². The number of hydrogen-bond donors (Lipinski definition) is 1. The first-order valence-corrected chi connectivity index (χ1v) is 4.28. The quantitative estimate of drug-likeness (QED) is 0.742. The van der Waals surface area contributed by atoms with Gasteiger partial charge in [-0.1, -0.05) is 6.07 Å². The highest BCUT2D eigenvalue weighted by atomic mass is 16.3. The van der Waals surface area contributed by atoms with Gasteiger partial charge in [0.1, 0.15) is 11.0 Å². The van der Waals surface area contributed by atoms with Crippen molar-refractivity contribution in [2.45, 2.75) is 20.1 Å². The summed E-state index contributed by atoms with van der Waals surface area (Å²) >= 11 is 0. The summed E-state index contributed by atoms with van der Waals surface area (Å²) < 4.78 is 0. The van der Waals surface area contributed by atoms with E-state index in [4.69, 9.17) is 5.11 Å². The van der Waals surface area contributed by atoms with E-state index in [2.05, 4.69) is 10.2 Å². The Bertz CT molecular complexity index is 420. The molecular weight excluding hydrogens is 166 g/mol. The van der Waals surface area contributed by atoms with Crippen LogP contribution in [0.5, 0.6) is 0 Å². The van der Waals surface area contributed by atoms with Gasteiger partial charge in [0.05, 0.1) is 13.2 Å². The molecule has 0 aliphatic carbocycles. The molecule has 13 heavy (non-hydrogen) atoms. The van der Waals surface area contributed by atoms with Crippen LogP contribution in [0.3, 0.4) is 0 Å². The van der Waals surface area contributed by atoms with Gasteiger partial charge in [0.15, 0.2) is 0 Å². The van der Waals surface area contributed by atoms with Crippen molar-refractivity contribution in [3.05, 3.63) is 23.8 Å². The first-order chi connectivity index (χ1) is 6.33. The molecule has 0 saturated heterocycles. The van der Waals surface area contributed by atoms with Crippen LogP contribution in [0.2, 0.25) is 0 Å². The molecule has 0 unspecified atom stereocenters. The maximum Gasteiger partial charge on any atom is 0.113 e. The van der Waals surface area contributed by atoms with Gasteiger partial charge < -0.3 is 5.11 Å². The van der Waals surface area contributed by atoms with Gasteiger partial charge in [-0.25, -0.2) is 0 Å². The molecule has 2 rings (SSSR count). The van der Waals surface area contributed by atoms with Crippen LogP contribution in [-0.4, -0.2) is 20.1 Å². The summed E-state index contributed by atoms with van der Waals surface area (Å²) in [5.74, 6) is 0. The fourth-order valence-electron chi connectivity index (χ4n) is 1.24. The SMILES string of the molecule is CCn1nc2ccc(CO)cc2n1. The number of fused-ring (bicyclic) bond motifs is 1. The second kappa shape index (κ2) is 3.14. The van der Waals surface area contributed by atoms with Crippen molar-refractivity contribution in [2.75, 3.05) is 0 Å². The van der Waals surface area contributed by atoms with Crippen LogP contribution in [-0.2, 0) is 13.2 Å². The van der Waals surface area contributed by atoms with Crippen LogP contribution >= 0.6 is 0 Å². The molecular formula is C9H11N3O. The van der Waals surface area contributed by atoms with Gasteiger partial charge in [-0.2, -0.15) is 15.0 Å². The van der Waals surface area contributed by atoms with Gasteiger partial charge in [0.25, 0.3) is 0 Å². The molecule has 0 spiro atoms. The van der Waals surface area contributed by atoms with Crippen LogP contribution in [0.1, 0.15) is 12.5 Å². The van der Waals surface area contributed by atoms with E-state index in [1.807, 2.05) is 25.1 Å². The van der Waals surface area contributed by atoms with E-state index in [1.54, 1.807) is 4.80 Å². The van der Waals surface area contributed by atoms with Gasteiger partial charge in [0.2, 0.25) is 0 Å². The molecule has 0 bridgehead atoms. The zero-order valence-electron chi connectivity index (χ0n) is 7.44. The van der Waals surface area contributed by atoms with Crippen LogP contribution in [0.4, 0.5) is 0 Å². The van der Waals surface area contributed by atoms with E-state index < -0.39 is 0 Å². The predicted octanol–water partition coefficient (Wildman–Crippen LogP) is 0.943. The molecule has 1 N–H and O–H groups in total. The number of hydrogen-bond acceptors (Lipinski definition) is 3. The third kappa shape index (κ3) is 1.40. The van der Waals surface area contributed by atoms with Crippen LogP contribution in [0, 0.1) is 0 Å². The molecule has 1 aromatic heterocycles. The summed E-state index contributed by atoms with van der Waals surface area (Å²) in [6, 6.07) is 5.59. The monoisotopic (exact) mass is 177 g/mol. The number of benzene rings is 1. The zero-order valence-corrected chi connectivity index (χ0v) is 7.44. The maximum atomic E-state index is 8.91. The molecule has 2 aromatic rings. The first-order valence-electron chi connectivity index (χ1n) is 4.28. The third-order valence-corrected chi connectivity index (χ3v) is 1.95. The molecule has 4 nitrogen and oxygen atoms in total. The van der Waals surface area contributed by atoms with Crippen LogP contribution in [0.25, 0.3) is 11.0 Å². The van der Waals surface area contributed by atoms with Crippen molar-refractivity contribution < 1.29 is 5.11 Å². The largest absolute Gasteiger partial charge is 0.392 e. The summed E-state index contributed by atoms with van der Waals surface area (Å²) in [6.45, 7) is 2.81. The van der Waals surface area contributed by atoms with Crippen LogP contribution in [0.15, 0.2) is 18.2 Å². The number of aryl methyl sites for hydroxylation is 1. The average Bonchev–Trinajstić information content (AvgIpc) is 2.58. The Kier molecular flexibility index (Phi) is 1.98. The summed E-state index contributed by atoms with van der Waals surface area (Å²) in [7, 11) is 0. The summed E-state index contributed by atoms with van der Waals surface area (Å²) in [4.78, 5) is 1.64. The van der Waals surface area contributed by atoms with E-state index in [1.165, 1.54) is 0 Å². The molecule has 0 radical (unpaired) electrons. The van der Waals surface area contributed by atoms with E-state index in [0.29, 0.717) is 0 Å². The van der Waals surface area contributed by atoms with Gasteiger partial charge in [0, 0.05) is 0 Å². The topological polar surface area (TPSA) is 50.9 Å². The summed E-state index contributed by atoms with van der Waals surface area (Å²) in [6.07, 6.45) is 0. The Morgan fingerprint density at radius 1 is 1.31 bits per heavy atom. The Balaban J connectivity index is 2.57. The normalized spacial score (nSPS) is 10.9. The van der Waals surface area contributed by atoms with E-state index in [0.717, 1.165) is 23.1 Å². The second-order valence-corrected chi connectivity index (χ2v) is 2.87. The molecule has 0 saturated carbocycles. The molecule has 0 atom stereocenters. The third-order valence-electron chi connectivity index (χ3n) is 1.95. The first kappa shape index (κ1) is 8.19. The van der Waals surface area contributed by atoms with Gasteiger partial charge in [-0.05, 0) is 24.6 Å². The smallest absolute Gasteiger partial charge is 0.113 e. The van der Waals surface area contributed by atoms with E-state index in [-0.39, 0.29) is 6.61 Å². The van der Waals surface area contributed by atoms with Crippen molar-refractivity contribution in [3.63, 3.8) is 0 Å².